The minimum atomic E-state index is -2.73. The van der Waals surface area contributed by atoms with E-state index in [0.29, 0.717) is 39.5 Å². The van der Waals surface area contributed by atoms with Crippen molar-refractivity contribution in [2.75, 3.05) is 19.5 Å². The van der Waals surface area contributed by atoms with E-state index >= 15 is 0 Å². The number of amides is 1. The number of pyridine rings is 3. The summed E-state index contributed by atoms with van der Waals surface area (Å²) in [7, 11) is 2.96. The van der Waals surface area contributed by atoms with Crippen molar-refractivity contribution in [3.63, 3.8) is 0 Å². The molecule has 3 heterocycles. The molecule has 1 amide bonds. The van der Waals surface area contributed by atoms with Crippen molar-refractivity contribution in [3.05, 3.63) is 100 Å². The molecule has 0 atom stereocenters. The topological polar surface area (TPSA) is 105 Å². The Hall–Kier alpha value is -5.39. The summed E-state index contributed by atoms with van der Waals surface area (Å²) < 4.78 is 57.9. The van der Waals surface area contributed by atoms with Crippen LogP contribution >= 0.6 is 0 Å². The zero-order valence-corrected chi connectivity index (χ0v) is 23.2. The SMILES string of the molecule is COc1cc2nccc(Oc3ccc(NC(=O)c4cn(CC(F)F)c(C)c(-c5ccc(F)cc5)c4=O)cc3)c2nc1OC. The number of aromatic nitrogens is 3. The molecule has 2 aromatic carbocycles. The highest BCUT2D eigenvalue weighted by molar-refractivity contribution is 6.04. The van der Waals surface area contributed by atoms with E-state index in [0.717, 1.165) is 22.9 Å². The van der Waals surface area contributed by atoms with Crippen LogP contribution in [0.25, 0.3) is 22.2 Å². The van der Waals surface area contributed by atoms with Crippen LogP contribution in [0.3, 0.4) is 0 Å². The molecule has 9 nitrogen and oxygen atoms in total. The second-order valence-electron chi connectivity index (χ2n) is 9.34. The number of hydrogen-bond acceptors (Lipinski definition) is 7. The molecule has 0 unspecified atom stereocenters. The van der Waals surface area contributed by atoms with Crippen LogP contribution in [0.2, 0.25) is 0 Å². The quantitative estimate of drug-likeness (QED) is 0.217. The van der Waals surface area contributed by atoms with E-state index in [1.165, 1.54) is 33.3 Å². The lowest BCUT2D eigenvalue weighted by molar-refractivity contribution is 0.102. The Morgan fingerprint density at radius 2 is 1.72 bits per heavy atom. The van der Waals surface area contributed by atoms with E-state index in [1.807, 2.05) is 0 Å². The number of fused-ring (bicyclic) bond motifs is 1. The van der Waals surface area contributed by atoms with Crippen LogP contribution in [0, 0.1) is 12.7 Å². The summed E-state index contributed by atoms with van der Waals surface area (Å²) in [5.41, 5.74) is 0.834. The third-order valence-corrected chi connectivity index (χ3v) is 6.62. The summed E-state index contributed by atoms with van der Waals surface area (Å²) in [5, 5.41) is 2.63. The molecule has 3 aromatic heterocycles. The average Bonchev–Trinajstić information content (AvgIpc) is 2.99. The van der Waals surface area contributed by atoms with E-state index in [2.05, 4.69) is 15.3 Å². The van der Waals surface area contributed by atoms with E-state index in [9.17, 15) is 22.8 Å². The maximum Gasteiger partial charge on any atom is 0.261 e. The number of nitrogens with zero attached hydrogens (tertiary/aromatic N) is 3. The minimum Gasteiger partial charge on any atom is -0.491 e. The summed E-state index contributed by atoms with van der Waals surface area (Å²) in [6, 6.07) is 14.6. The van der Waals surface area contributed by atoms with Crippen molar-refractivity contribution >= 4 is 22.6 Å². The number of carbonyl (C=O) groups excluding carboxylic acids is 1. The standard InChI is InChI=1S/C31H25F3N4O5/c1-17-27(18-4-6-19(32)7-5-18)29(39)22(15-38(17)16-26(33)34)30(40)36-20-8-10-21(11-9-20)43-24-12-13-35-23-14-25(41-2)31(42-3)37-28(23)24/h4-15,26H,16H2,1-3H3,(H,36,40). The lowest BCUT2D eigenvalue weighted by atomic mass is 10.0. The first-order valence-corrected chi connectivity index (χ1v) is 12.9. The molecule has 0 saturated heterocycles. The summed E-state index contributed by atoms with van der Waals surface area (Å²) in [6.45, 7) is 0.765. The van der Waals surface area contributed by atoms with Gasteiger partial charge in [-0.25, -0.2) is 18.2 Å². The summed E-state index contributed by atoms with van der Waals surface area (Å²) in [5.74, 6) is 0.168. The number of benzene rings is 2. The third-order valence-electron chi connectivity index (χ3n) is 6.62. The van der Waals surface area contributed by atoms with Gasteiger partial charge in [0, 0.05) is 41.5 Å². The number of alkyl halides is 2. The van der Waals surface area contributed by atoms with Gasteiger partial charge in [0.25, 0.3) is 18.2 Å². The van der Waals surface area contributed by atoms with Crippen LogP contribution in [0.1, 0.15) is 16.1 Å². The molecule has 43 heavy (non-hydrogen) atoms. The number of nitrogens with one attached hydrogen (secondary N) is 1. The summed E-state index contributed by atoms with van der Waals surface area (Å²) in [6.07, 6.45) is -0.0711. The molecule has 0 fully saturated rings. The number of rotatable bonds is 9. The van der Waals surface area contributed by atoms with Crippen molar-refractivity contribution < 1.29 is 32.2 Å². The maximum atomic E-state index is 13.5. The highest BCUT2D eigenvalue weighted by Crippen LogP contribution is 2.34. The van der Waals surface area contributed by atoms with Crippen molar-refractivity contribution in [1.29, 1.82) is 0 Å². The van der Waals surface area contributed by atoms with Gasteiger partial charge in [0.1, 0.15) is 22.6 Å². The van der Waals surface area contributed by atoms with Gasteiger partial charge in [-0.15, -0.1) is 0 Å². The fourth-order valence-electron chi connectivity index (χ4n) is 4.53. The van der Waals surface area contributed by atoms with Crippen LogP contribution in [-0.4, -0.2) is 41.1 Å². The molecule has 0 aliphatic rings. The van der Waals surface area contributed by atoms with Gasteiger partial charge in [-0.05, 0) is 48.9 Å². The highest BCUT2D eigenvalue weighted by Gasteiger charge is 2.21. The number of hydrogen-bond donors (Lipinski definition) is 1. The van der Waals surface area contributed by atoms with Gasteiger partial charge >= 0.3 is 0 Å². The molecule has 0 aliphatic heterocycles. The van der Waals surface area contributed by atoms with Crippen molar-refractivity contribution in [2.24, 2.45) is 0 Å². The zero-order chi connectivity index (χ0) is 30.7. The number of halogens is 3. The molecule has 12 heteroatoms. The number of methoxy groups -OCH3 is 2. The Bertz CT molecular complexity index is 1860. The molecule has 0 aliphatic carbocycles. The predicted molar refractivity (Wildman–Crippen MR) is 154 cm³/mol. The summed E-state index contributed by atoms with van der Waals surface area (Å²) >= 11 is 0. The second kappa shape index (κ2) is 12.2. The van der Waals surface area contributed by atoms with Gasteiger partial charge in [-0.3, -0.25) is 14.6 Å². The third kappa shape index (κ3) is 6.13. The van der Waals surface area contributed by atoms with Crippen LogP contribution in [0.5, 0.6) is 23.1 Å². The fourth-order valence-corrected chi connectivity index (χ4v) is 4.53. The monoisotopic (exact) mass is 590 g/mol. The minimum absolute atomic E-state index is 0.0319. The van der Waals surface area contributed by atoms with Crippen LogP contribution in [0.15, 0.2) is 77.9 Å². The normalized spacial score (nSPS) is 11.0. The van der Waals surface area contributed by atoms with Gasteiger partial charge in [-0.1, -0.05) is 12.1 Å². The van der Waals surface area contributed by atoms with Gasteiger partial charge in [0.15, 0.2) is 11.5 Å². The average molecular weight is 591 g/mol. The van der Waals surface area contributed by atoms with Crippen molar-refractivity contribution in [1.82, 2.24) is 14.5 Å². The van der Waals surface area contributed by atoms with E-state index in [4.69, 9.17) is 14.2 Å². The van der Waals surface area contributed by atoms with Gasteiger partial charge in [0.2, 0.25) is 5.43 Å². The Labute approximate surface area is 243 Å². The van der Waals surface area contributed by atoms with E-state index in [1.54, 1.807) is 42.6 Å². The fraction of sp³-hybridized carbons (Fsp3) is 0.161. The van der Waals surface area contributed by atoms with Crippen LogP contribution < -0.4 is 25.0 Å². The molecule has 5 aromatic rings. The van der Waals surface area contributed by atoms with Gasteiger partial charge in [0.05, 0.1) is 26.3 Å². The van der Waals surface area contributed by atoms with E-state index < -0.39 is 30.1 Å². The molecule has 0 radical (unpaired) electrons. The molecular weight excluding hydrogens is 565 g/mol. The molecule has 0 spiro atoms. The molecule has 5 rings (SSSR count). The van der Waals surface area contributed by atoms with Crippen LogP contribution in [-0.2, 0) is 6.54 Å². The summed E-state index contributed by atoms with van der Waals surface area (Å²) in [4.78, 5) is 35.3. The number of anilines is 1. The smallest absolute Gasteiger partial charge is 0.261 e. The molecule has 0 bridgehead atoms. The van der Waals surface area contributed by atoms with Crippen molar-refractivity contribution in [2.45, 2.75) is 19.9 Å². The first kappa shape index (κ1) is 29.1. The molecule has 0 saturated carbocycles. The first-order valence-electron chi connectivity index (χ1n) is 12.9. The van der Waals surface area contributed by atoms with E-state index in [-0.39, 0.29) is 22.7 Å². The van der Waals surface area contributed by atoms with Gasteiger partial charge < -0.3 is 24.1 Å². The lowest BCUT2D eigenvalue weighted by Gasteiger charge is -2.17. The Morgan fingerprint density at radius 1 is 1.00 bits per heavy atom. The van der Waals surface area contributed by atoms with Gasteiger partial charge in [-0.2, -0.15) is 0 Å². The lowest BCUT2D eigenvalue weighted by Crippen LogP contribution is -2.27. The Morgan fingerprint density at radius 3 is 2.37 bits per heavy atom. The molecule has 1 N–H and O–H groups in total. The molecular formula is C31H25F3N4O5. The Balaban J connectivity index is 1.41. The highest BCUT2D eigenvalue weighted by atomic mass is 19.3. The predicted octanol–water partition coefficient (Wildman–Crippen LogP) is 6.23. The second-order valence-corrected chi connectivity index (χ2v) is 9.34. The largest absolute Gasteiger partial charge is 0.491 e. The number of ether oxygens (including phenoxy) is 3. The first-order chi connectivity index (χ1) is 20.7. The number of carbonyl (C=O) groups is 1. The van der Waals surface area contributed by atoms with Crippen molar-refractivity contribution in [3.8, 4) is 34.3 Å². The zero-order valence-electron chi connectivity index (χ0n) is 23.2. The molecule has 220 valence electrons. The van der Waals surface area contributed by atoms with Crippen LogP contribution in [0.4, 0.5) is 18.9 Å². The Kier molecular flexibility index (Phi) is 8.28. The maximum absolute atomic E-state index is 13.5.